The summed E-state index contributed by atoms with van der Waals surface area (Å²) < 4.78 is 31.7. The number of hydrogen-bond acceptors (Lipinski definition) is 6. The third-order valence-electron chi connectivity index (χ3n) is 6.28. The third-order valence-corrected chi connectivity index (χ3v) is 7.10. The number of alkyl halides is 3. The number of carbonyl (C=O) groups is 2. The number of likely N-dealkylation sites (tertiary alicyclic amines) is 2. The first-order valence-electron chi connectivity index (χ1n) is 10.4. The van der Waals surface area contributed by atoms with E-state index in [1.54, 1.807) is 11.3 Å². The van der Waals surface area contributed by atoms with Crippen molar-refractivity contribution in [3.8, 4) is 0 Å². The molecule has 7 nitrogen and oxygen atoms in total. The van der Waals surface area contributed by atoms with Gasteiger partial charge in [0.25, 0.3) is 0 Å². The maximum atomic E-state index is 12.2. The molecule has 3 fully saturated rings. The molecule has 0 amide bonds. The lowest BCUT2D eigenvalue weighted by Gasteiger charge is -2.29. The molecule has 0 spiro atoms. The average molecular weight is 464 g/mol. The van der Waals surface area contributed by atoms with Gasteiger partial charge in [0, 0.05) is 44.0 Å². The van der Waals surface area contributed by atoms with Crippen LogP contribution in [-0.4, -0.2) is 75.8 Å². The van der Waals surface area contributed by atoms with E-state index in [1.807, 2.05) is 6.92 Å². The fourth-order valence-electron chi connectivity index (χ4n) is 4.62. The largest absolute Gasteiger partial charge is 0.490 e. The van der Waals surface area contributed by atoms with Gasteiger partial charge in [-0.3, -0.25) is 9.69 Å². The van der Waals surface area contributed by atoms with Crippen molar-refractivity contribution in [3.63, 3.8) is 0 Å². The van der Waals surface area contributed by atoms with Gasteiger partial charge in [0.05, 0.1) is 16.1 Å². The lowest BCUT2D eigenvalue weighted by Crippen LogP contribution is -2.41. The zero-order valence-corrected chi connectivity index (χ0v) is 18.2. The number of halogens is 3. The maximum absolute atomic E-state index is 12.2. The Morgan fingerprint density at radius 3 is 2.42 bits per heavy atom. The molecule has 2 N–H and O–H groups in total. The number of carboxylic acid groups (broad SMARTS) is 2. The van der Waals surface area contributed by atoms with Gasteiger partial charge in [0.1, 0.15) is 0 Å². The van der Waals surface area contributed by atoms with Crippen LogP contribution in [0.2, 0.25) is 0 Å². The first-order valence-corrected chi connectivity index (χ1v) is 11.3. The van der Waals surface area contributed by atoms with E-state index in [9.17, 15) is 23.1 Å². The average Bonchev–Trinajstić information content (AvgIpc) is 3.32. The molecule has 3 heterocycles. The van der Waals surface area contributed by atoms with Crippen molar-refractivity contribution in [2.24, 2.45) is 17.3 Å². The Hall–Kier alpha value is -1.72. The van der Waals surface area contributed by atoms with Crippen LogP contribution in [0, 0.1) is 24.2 Å². The Bertz CT molecular complexity index is 799. The van der Waals surface area contributed by atoms with Crippen LogP contribution in [0.3, 0.4) is 0 Å². The third kappa shape index (κ3) is 6.17. The van der Waals surface area contributed by atoms with Gasteiger partial charge in [-0.05, 0) is 45.1 Å². The minimum absolute atomic E-state index is 0.246. The number of carboxylic acids is 2. The van der Waals surface area contributed by atoms with Gasteiger partial charge in [-0.2, -0.15) is 13.2 Å². The number of aliphatic carboxylic acids is 2. The minimum Gasteiger partial charge on any atom is -0.481 e. The molecule has 1 aromatic rings. The molecule has 0 bridgehead atoms. The summed E-state index contributed by atoms with van der Waals surface area (Å²) in [7, 11) is 0. The molecule has 2 aliphatic heterocycles. The van der Waals surface area contributed by atoms with Crippen molar-refractivity contribution in [2.75, 3.05) is 32.7 Å². The Morgan fingerprint density at radius 1 is 1.26 bits per heavy atom. The van der Waals surface area contributed by atoms with Gasteiger partial charge in [-0.15, -0.1) is 11.3 Å². The number of aryl methyl sites for hydroxylation is 1. The smallest absolute Gasteiger partial charge is 0.481 e. The van der Waals surface area contributed by atoms with Gasteiger partial charge in [0.2, 0.25) is 0 Å². The summed E-state index contributed by atoms with van der Waals surface area (Å²) in [5, 5.41) is 20.4. The van der Waals surface area contributed by atoms with E-state index in [1.165, 1.54) is 12.8 Å². The summed E-state index contributed by atoms with van der Waals surface area (Å²) in [6, 6.07) is 0. The number of nitrogens with zero attached hydrogens (tertiary/aromatic N) is 3. The van der Waals surface area contributed by atoms with E-state index in [-0.39, 0.29) is 5.92 Å². The van der Waals surface area contributed by atoms with Crippen molar-refractivity contribution in [1.29, 1.82) is 0 Å². The normalized spacial score (nSPS) is 27.2. The van der Waals surface area contributed by atoms with Crippen LogP contribution >= 0.6 is 11.3 Å². The van der Waals surface area contributed by atoms with E-state index in [2.05, 4.69) is 20.2 Å². The highest BCUT2D eigenvalue weighted by Crippen LogP contribution is 2.44. The molecule has 1 saturated carbocycles. The lowest BCUT2D eigenvalue weighted by atomic mass is 9.75. The molecule has 0 radical (unpaired) electrons. The first kappa shape index (κ1) is 23.9. The Balaban J connectivity index is 0.000000339. The Labute approximate surface area is 182 Å². The minimum atomic E-state index is -5.08. The standard InChI is InChI=1S/C18H27N3O2S.C2HF3O2/c1-13-19-16(11-24-13)10-20-6-2-5-18(17(22)23)12-21(7-14-3-4-14)9-15(18)8-20;3-2(4,5)1(6)7/h11,14-15H,2-10,12H2,1H3,(H,22,23);(H,6,7)/t15-,18-;/m0./s1. The second kappa shape index (κ2) is 9.41. The number of fused-ring (bicyclic) bond motifs is 1. The summed E-state index contributed by atoms with van der Waals surface area (Å²) >= 11 is 1.70. The molecule has 1 aromatic heterocycles. The molecule has 0 aromatic carbocycles. The van der Waals surface area contributed by atoms with E-state index in [4.69, 9.17) is 9.90 Å². The van der Waals surface area contributed by atoms with Crippen LogP contribution in [0.15, 0.2) is 5.38 Å². The number of thiazole rings is 1. The van der Waals surface area contributed by atoms with Crippen LogP contribution in [0.25, 0.3) is 0 Å². The Kier molecular flexibility index (Phi) is 7.27. The number of hydrogen-bond donors (Lipinski definition) is 2. The van der Waals surface area contributed by atoms with Crippen LogP contribution in [0.4, 0.5) is 13.2 Å². The fourth-order valence-corrected chi connectivity index (χ4v) is 5.23. The van der Waals surface area contributed by atoms with Crippen molar-refractivity contribution < 1.29 is 33.0 Å². The maximum Gasteiger partial charge on any atom is 0.490 e. The van der Waals surface area contributed by atoms with Crippen molar-refractivity contribution in [3.05, 3.63) is 16.1 Å². The molecule has 1 aliphatic carbocycles. The van der Waals surface area contributed by atoms with Crippen LogP contribution in [0.5, 0.6) is 0 Å². The summed E-state index contributed by atoms with van der Waals surface area (Å²) in [6.45, 7) is 7.60. The zero-order valence-electron chi connectivity index (χ0n) is 17.4. The molecule has 31 heavy (non-hydrogen) atoms. The summed E-state index contributed by atoms with van der Waals surface area (Å²) in [6.07, 6.45) is -0.628. The van der Waals surface area contributed by atoms with Gasteiger partial charge >= 0.3 is 18.1 Å². The summed E-state index contributed by atoms with van der Waals surface area (Å²) in [4.78, 5) is 30.5. The highest BCUT2D eigenvalue weighted by molar-refractivity contribution is 7.09. The van der Waals surface area contributed by atoms with Crippen LogP contribution in [0.1, 0.15) is 36.4 Å². The number of rotatable bonds is 5. The first-order chi connectivity index (χ1) is 14.5. The van der Waals surface area contributed by atoms with E-state index >= 15 is 0 Å². The van der Waals surface area contributed by atoms with Gasteiger partial charge in [0.15, 0.2) is 0 Å². The van der Waals surface area contributed by atoms with E-state index in [0.29, 0.717) is 0 Å². The molecular weight excluding hydrogens is 435 g/mol. The summed E-state index contributed by atoms with van der Waals surface area (Å²) in [5.41, 5.74) is 0.606. The number of aromatic nitrogens is 1. The predicted octanol–water partition coefficient (Wildman–Crippen LogP) is 3.09. The molecule has 174 valence electrons. The quantitative estimate of drug-likeness (QED) is 0.693. The Morgan fingerprint density at radius 2 is 1.90 bits per heavy atom. The molecule has 0 unspecified atom stereocenters. The fraction of sp³-hybridized carbons (Fsp3) is 0.750. The summed E-state index contributed by atoms with van der Waals surface area (Å²) in [5.74, 6) is -2.26. The van der Waals surface area contributed by atoms with Crippen molar-refractivity contribution >= 4 is 23.3 Å². The van der Waals surface area contributed by atoms with Gasteiger partial charge in [-0.25, -0.2) is 9.78 Å². The molecule has 2 atom stereocenters. The predicted molar refractivity (Wildman–Crippen MR) is 108 cm³/mol. The SMILES string of the molecule is Cc1nc(CN2CCC[C@]3(C(=O)O)CN(CC4CC4)C[C@@H]3C2)cs1.O=C(O)C(F)(F)F. The van der Waals surface area contributed by atoms with E-state index in [0.717, 1.165) is 68.7 Å². The zero-order chi connectivity index (χ0) is 22.8. The van der Waals surface area contributed by atoms with Crippen molar-refractivity contribution in [2.45, 2.75) is 45.3 Å². The molecule has 4 rings (SSSR count). The molecule has 2 saturated heterocycles. The van der Waals surface area contributed by atoms with Gasteiger partial charge in [-0.1, -0.05) is 0 Å². The van der Waals surface area contributed by atoms with Gasteiger partial charge < -0.3 is 15.1 Å². The monoisotopic (exact) mass is 463 g/mol. The van der Waals surface area contributed by atoms with Crippen molar-refractivity contribution in [1.82, 2.24) is 14.8 Å². The second-order valence-corrected chi connectivity index (χ2v) is 9.86. The van der Waals surface area contributed by atoms with Crippen LogP contribution < -0.4 is 0 Å². The lowest BCUT2D eigenvalue weighted by molar-refractivity contribution is -0.192. The van der Waals surface area contributed by atoms with E-state index < -0.39 is 23.5 Å². The highest BCUT2D eigenvalue weighted by atomic mass is 32.1. The topological polar surface area (TPSA) is 94.0 Å². The molecular formula is C20H28F3N3O4S. The molecule has 11 heteroatoms. The highest BCUT2D eigenvalue weighted by Gasteiger charge is 2.53. The van der Waals surface area contributed by atoms with Crippen LogP contribution in [-0.2, 0) is 16.1 Å². The molecule has 3 aliphatic rings. The second-order valence-electron chi connectivity index (χ2n) is 8.80.